The van der Waals surface area contributed by atoms with Crippen molar-refractivity contribution in [1.82, 2.24) is 4.98 Å². The number of fused-ring (bicyclic) bond motifs is 1. The molecule has 1 heterocycles. The van der Waals surface area contributed by atoms with Crippen molar-refractivity contribution >= 4 is 17.1 Å². The highest BCUT2D eigenvalue weighted by atomic mass is 19.3. The zero-order chi connectivity index (χ0) is 19.2. The van der Waals surface area contributed by atoms with Crippen LogP contribution >= 0.6 is 0 Å². The van der Waals surface area contributed by atoms with Crippen molar-refractivity contribution < 1.29 is 27.5 Å². The van der Waals surface area contributed by atoms with Gasteiger partial charge in [0.05, 0.1) is 18.8 Å². The molecule has 3 rings (SSSR count). The number of ether oxygens (including phenoxy) is 2. The van der Waals surface area contributed by atoms with Crippen LogP contribution in [0.4, 0.5) is 13.2 Å². The van der Waals surface area contributed by atoms with Gasteiger partial charge >= 0.3 is 6.61 Å². The van der Waals surface area contributed by atoms with Gasteiger partial charge in [0, 0.05) is 22.7 Å². The SMILES string of the molecule is COc1cc(/C=N/OCc2ccc(F)c3cccnc23)ccc1OC(F)F. The molecule has 0 spiro atoms. The Hall–Kier alpha value is -3.29. The summed E-state index contributed by atoms with van der Waals surface area (Å²) >= 11 is 0. The van der Waals surface area contributed by atoms with Crippen LogP contribution in [0.3, 0.4) is 0 Å². The van der Waals surface area contributed by atoms with Crippen LogP contribution in [0.2, 0.25) is 0 Å². The molecule has 0 amide bonds. The number of hydrogen-bond donors (Lipinski definition) is 0. The Morgan fingerprint density at radius 3 is 2.78 bits per heavy atom. The first-order chi connectivity index (χ1) is 13.1. The minimum absolute atomic E-state index is 0.0746. The van der Waals surface area contributed by atoms with E-state index in [9.17, 15) is 13.2 Å². The van der Waals surface area contributed by atoms with Gasteiger partial charge in [-0.15, -0.1) is 0 Å². The molecule has 27 heavy (non-hydrogen) atoms. The third-order valence-electron chi connectivity index (χ3n) is 3.70. The zero-order valence-corrected chi connectivity index (χ0v) is 14.2. The van der Waals surface area contributed by atoms with Crippen molar-refractivity contribution in [1.29, 1.82) is 0 Å². The Balaban J connectivity index is 1.69. The number of aromatic nitrogens is 1. The second-order valence-corrected chi connectivity index (χ2v) is 5.40. The van der Waals surface area contributed by atoms with Gasteiger partial charge in [-0.2, -0.15) is 8.78 Å². The number of halogens is 3. The summed E-state index contributed by atoms with van der Waals surface area (Å²) in [5.41, 5.74) is 1.75. The number of methoxy groups -OCH3 is 1. The van der Waals surface area contributed by atoms with Crippen LogP contribution in [0.25, 0.3) is 10.9 Å². The van der Waals surface area contributed by atoms with E-state index in [1.807, 2.05) is 0 Å². The number of alkyl halides is 2. The van der Waals surface area contributed by atoms with Gasteiger partial charge in [0.1, 0.15) is 12.4 Å². The Labute approximate surface area is 153 Å². The van der Waals surface area contributed by atoms with Crippen LogP contribution in [0.1, 0.15) is 11.1 Å². The molecule has 2 aromatic carbocycles. The summed E-state index contributed by atoms with van der Waals surface area (Å²) in [6.45, 7) is -2.85. The quantitative estimate of drug-likeness (QED) is 0.449. The largest absolute Gasteiger partial charge is 0.493 e. The summed E-state index contributed by atoms with van der Waals surface area (Å²) in [5, 5.41) is 4.25. The molecule has 5 nitrogen and oxygen atoms in total. The molecule has 0 atom stereocenters. The molecule has 3 aromatic rings. The number of nitrogens with zero attached hydrogens (tertiary/aromatic N) is 2. The lowest BCUT2D eigenvalue weighted by Gasteiger charge is -2.10. The fraction of sp³-hybridized carbons (Fsp3) is 0.158. The Morgan fingerprint density at radius 1 is 1.15 bits per heavy atom. The van der Waals surface area contributed by atoms with Crippen molar-refractivity contribution in [2.75, 3.05) is 7.11 Å². The molecular formula is C19H15F3N2O3. The van der Waals surface area contributed by atoms with Crippen molar-refractivity contribution in [2.24, 2.45) is 5.16 Å². The van der Waals surface area contributed by atoms with Crippen LogP contribution in [-0.4, -0.2) is 24.9 Å². The number of oxime groups is 1. The molecule has 0 aliphatic rings. The summed E-state index contributed by atoms with van der Waals surface area (Å²) in [5.74, 6) is -0.286. The van der Waals surface area contributed by atoms with E-state index in [2.05, 4.69) is 14.9 Å². The lowest BCUT2D eigenvalue weighted by atomic mass is 10.1. The minimum Gasteiger partial charge on any atom is -0.493 e. The lowest BCUT2D eigenvalue weighted by molar-refractivity contribution is -0.0512. The number of pyridine rings is 1. The summed E-state index contributed by atoms with van der Waals surface area (Å²) in [4.78, 5) is 9.43. The van der Waals surface area contributed by atoms with Crippen molar-refractivity contribution in [3.63, 3.8) is 0 Å². The second kappa shape index (κ2) is 8.39. The maximum atomic E-state index is 13.8. The molecule has 0 unspecified atom stereocenters. The molecule has 140 valence electrons. The van der Waals surface area contributed by atoms with E-state index >= 15 is 0 Å². The van der Waals surface area contributed by atoms with Crippen LogP contribution in [-0.2, 0) is 11.4 Å². The maximum absolute atomic E-state index is 13.8. The first-order valence-corrected chi connectivity index (χ1v) is 7.89. The summed E-state index contributed by atoms with van der Waals surface area (Å²) in [6, 6.07) is 10.6. The van der Waals surface area contributed by atoms with Gasteiger partial charge in [0.25, 0.3) is 0 Å². The van der Waals surface area contributed by atoms with Crippen LogP contribution in [0, 0.1) is 5.82 Å². The number of hydrogen-bond acceptors (Lipinski definition) is 5. The molecule has 0 fully saturated rings. The van der Waals surface area contributed by atoms with E-state index in [1.165, 1.54) is 37.6 Å². The van der Waals surface area contributed by atoms with Crippen LogP contribution < -0.4 is 9.47 Å². The van der Waals surface area contributed by atoms with E-state index in [4.69, 9.17) is 9.57 Å². The third-order valence-corrected chi connectivity index (χ3v) is 3.70. The summed E-state index contributed by atoms with van der Waals surface area (Å²) in [7, 11) is 1.34. The van der Waals surface area contributed by atoms with E-state index in [0.29, 0.717) is 22.0 Å². The van der Waals surface area contributed by atoms with Gasteiger partial charge in [-0.05, 0) is 36.4 Å². The van der Waals surface area contributed by atoms with Gasteiger partial charge in [-0.25, -0.2) is 4.39 Å². The standard InChI is InChI=1S/C19H15F3N2O3/c1-25-17-9-12(4-7-16(17)27-19(21)22)10-24-26-11-13-5-6-15(20)14-3-2-8-23-18(13)14/h2-10,19H,11H2,1H3/b24-10+. The molecular weight excluding hydrogens is 361 g/mol. The summed E-state index contributed by atoms with van der Waals surface area (Å²) in [6.07, 6.45) is 2.97. The fourth-order valence-corrected chi connectivity index (χ4v) is 2.48. The molecule has 0 radical (unpaired) electrons. The molecule has 0 aliphatic carbocycles. The predicted molar refractivity (Wildman–Crippen MR) is 93.7 cm³/mol. The average Bonchev–Trinajstić information content (AvgIpc) is 2.67. The van der Waals surface area contributed by atoms with E-state index < -0.39 is 6.61 Å². The normalized spacial score (nSPS) is 11.3. The van der Waals surface area contributed by atoms with Crippen molar-refractivity contribution in [3.05, 3.63) is 65.6 Å². The van der Waals surface area contributed by atoms with Crippen molar-refractivity contribution in [2.45, 2.75) is 13.2 Å². The lowest BCUT2D eigenvalue weighted by Crippen LogP contribution is -2.03. The fourth-order valence-electron chi connectivity index (χ4n) is 2.48. The highest BCUT2D eigenvalue weighted by molar-refractivity contribution is 5.82. The third kappa shape index (κ3) is 4.46. The van der Waals surface area contributed by atoms with Crippen LogP contribution in [0.5, 0.6) is 11.5 Å². The van der Waals surface area contributed by atoms with Crippen LogP contribution in [0.15, 0.2) is 53.8 Å². The molecule has 8 heteroatoms. The monoisotopic (exact) mass is 376 g/mol. The molecule has 0 N–H and O–H groups in total. The van der Waals surface area contributed by atoms with Gasteiger partial charge in [-0.1, -0.05) is 11.2 Å². The van der Waals surface area contributed by atoms with Gasteiger partial charge in [0.2, 0.25) is 0 Å². The number of benzene rings is 2. The smallest absolute Gasteiger partial charge is 0.387 e. The second-order valence-electron chi connectivity index (χ2n) is 5.40. The highest BCUT2D eigenvalue weighted by Crippen LogP contribution is 2.29. The Bertz CT molecular complexity index is 964. The molecule has 0 saturated carbocycles. The molecule has 1 aromatic heterocycles. The average molecular weight is 376 g/mol. The van der Waals surface area contributed by atoms with Gasteiger partial charge in [-0.3, -0.25) is 4.98 Å². The Kier molecular flexibility index (Phi) is 5.75. The zero-order valence-electron chi connectivity index (χ0n) is 14.2. The topological polar surface area (TPSA) is 52.9 Å². The number of rotatable bonds is 7. The molecule has 0 saturated heterocycles. The van der Waals surface area contributed by atoms with Gasteiger partial charge in [0.15, 0.2) is 11.5 Å². The van der Waals surface area contributed by atoms with E-state index in [-0.39, 0.29) is 23.9 Å². The summed E-state index contributed by atoms with van der Waals surface area (Å²) < 4.78 is 47.8. The predicted octanol–water partition coefficient (Wildman–Crippen LogP) is 4.53. The van der Waals surface area contributed by atoms with E-state index in [0.717, 1.165) is 0 Å². The minimum atomic E-state index is -2.94. The highest BCUT2D eigenvalue weighted by Gasteiger charge is 2.10. The first kappa shape index (κ1) is 18.5. The Morgan fingerprint density at radius 2 is 2.00 bits per heavy atom. The first-order valence-electron chi connectivity index (χ1n) is 7.89. The molecule has 0 bridgehead atoms. The maximum Gasteiger partial charge on any atom is 0.387 e. The van der Waals surface area contributed by atoms with Crippen molar-refractivity contribution in [3.8, 4) is 11.5 Å². The van der Waals surface area contributed by atoms with E-state index in [1.54, 1.807) is 24.4 Å². The van der Waals surface area contributed by atoms with Gasteiger partial charge < -0.3 is 14.3 Å². The molecule has 0 aliphatic heterocycles.